The first-order chi connectivity index (χ1) is 8.01. The zero-order chi connectivity index (χ0) is 13.1. The minimum Gasteiger partial charge on any atom is -0.396 e. The Kier molecular flexibility index (Phi) is 5.16. The molecule has 0 unspecified atom stereocenters. The van der Waals surface area contributed by atoms with Crippen molar-refractivity contribution in [1.82, 2.24) is 9.78 Å². The van der Waals surface area contributed by atoms with E-state index in [1.54, 1.807) is 0 Å². The highest BCUT2D eigenvalue weighted by Gasteiger charge is 2.27. The summed E-state index contributed by atoms with van der Waals surface area (Å²) in [4.78, 5) is 0. The van der Waals surface area contributed by atoms with Gasteiger partial charge in [-0.05, 0) is 29.3 Å². The molecule has 0 fully saturated rings. The molecule has 0 saturated carbocycles. The van der Waals surface area contributed by atoms with Gasteiger partial charge in [0.25, 0.3) is 0 Å². The van der Waals surface area contributed by atoms with Crippen LogP contribution < -0.4 is 0 Å². The summed E-state index contributed by atoms with van der Waals surface area (Å²) in [6.07, 6.45) is 1.48. The van der Waals surface area contributed by atoms with E-state index in [0.717, 1.165) is 28.8 Å². The molecule has 0 aliphatic rings. The second-order valence-corrected chi connectivity index (χ2v) is 5.47. The third kappa shape index (κ3) is 3.09. The van der Waals surface area contributed by atoms with E-state index in [-0.39, 0.29) is 13.2 Å². The van der Waals surface area contributed by atoms with Crippen LogP contribution in [-0.2, 0) is 19.4 Å². The second-order valence-electron chi connectivity index (χ2n) is 4.68. The van der Waals surface area contributed by atoms with E-state index in [1.165, 1.54) is 0 Å². The Morgan fingerprint density at radius 2 is 1.88 bits per heavy atom. The first-order valence-corrected chi connectivity index (χ1v) is 6.76. The van der Waals surface area contributed by atoms with Gasteiger partial charge in [-0.15, -0.1) is 0 Å². The van der Waals surface area contributed by atoms with Gasteiger partial charge >= 0.3 is 0 Å². The summed E-state index contributed by atoms with van der Waals surface area (Å²) in [5.41, 5.74) is 1.58. The summed E-state index contributed by atoms with van der Waals surface area (Å²) in [6, 6.07) is 0. The highest BCUT2D eigenvalue weighted by molar-refractivity contribution is 9.10. The van der Waals surface area contributed by atoms with Gasteiger partial charge in [-0.3, -0.25) is 4.68 Å². The Labute approximate surface area is 111 Å². The van der Waals surface area contributed by atoms with E-state index in [0.29, 0.717) is 6.42 Å². The Morgan fingerprint density at radius 1 is 1.29 bits per heavy atom. The van der Waals surface area contributed by atoms with Crippen LogP contribution in [-0.4, -0.2) is 33.2 Å². The molecule has 0 aliphatic heterocycles. The molecule has 5 heteroatoms. The molecule has 1 aromatic heterocycles. The van der Waals surface area contributed by atoms with Gasteiger partial charge in [-0.2, -0.15) is 5.10 Å². The van der Waals surface area contributed by atoms with Gasteiger partial charge in [-0.25, -0.2) is 0 Å². The molecule has 0 radical (unpaired) electrons. The Hall–Kier alpha value is -0.390. The maximum atomic E-state index is 9.36. The van der Waals surface area contributed by atoms with Crippen molar-refractivity contribution in [2.24, 2.45) is 5.41 Å². The first kappa shape index (κ1) is 14.7. The predicted molar refractivity (Wildman–Crippen MR) is 71.0 cm³/mol. The average Bonchev–Trinajstić information content (AvgIpc) is 2.66. The zero-order valence-electron chi connectivity index (χ0n) is 10.7. The standard InChI is InChI=1S/C12H21BrN2O2/c1-4-9-11(13)10(15(5-2)14-9)6-12(3,7-16)8-17/h16-17H,4-8H2,1-3H3. The minimum absolute atomic E-state index is 0.0354. The highest BCUT2D eigenvalue weighted by Crippen LogP contribution is 2.29. The summed E-state index contributed by atoms with van der Waals surface area (Å²) >= 11 is 3.57. The van der Waals surface area contributed by atoms with Crippen molar-refractivity contribution in [3.63, 3.8) is 0 Å². The average molecular weight is 305 g/mol. The maximum absolute atomic E-state index is 9.36. The van der Waals surface area contributed by atoms with Gasteiger partial charge in [0.2, 0.25) is 0 Å². The largest absolute Gasteiger partial charge is 0.396 e. The smallest absolute Gasteiger partial charge is 0.0766 e. The monoisotopic (exact) mass is 304 g/mol. The summed E-state index contributed by atoms with van der Waals surface area (Å²) in [6.45, 7) is 6.70. The van der Waals surface area contributed by atoms with Crippen molar-refractivity contribution >= 4 is 15.9 Å². The number of aromatic nitrogens is 2. The normalized spacial score (nSPS) is 12.1. The zero-order valence-corrected chi connectivity index (χ0v) is 12.3. The van der Waals surface area contributed by atoms with Crippen molar-refractivity contribution in [2.75, 3.05) is 13.2 Å². The van der Waals surface area contributed by atoms with E-state index in [2.05, 4.69) is 28.0 Å². The molecule has 1 rings (SSSR count). The van der Waals surface area contributed by atoms with E-state index in [9.17, 15) is 10.2 Å². The number of aryl methyl sites for hydroxylation is 2. The van der Waals surface area contributed by atoms with Crippen LogP contribution in [0.4, 0.5) is 0 Å². The number of hydrogen-bond acceptors (Lipinski definition) is 3. The number of hydrogen-bond donors (Lipinski definition) is 2. The molecule has 0 aliphatic carbocycles. The highest BCUT2D eigenvalue weighted by atomic mass is 79.9. The number of nitrogens with zero attached hydrogens (tertiary/aromatic N) is 2. The van der Waals surface area contributed by atoms with Crippen LogP contribution in [0.5, 0.6) is 0 Å². The molecule has 0 bridgehead atoms. The third-order valence-electron chi connectivity index (χ3n) is 3.05. The lowest BCUT2D eigenvalue weighted by molar-refractivity contribution is 0.0685. The fraction of sp³-hybridized carbons (Fsp3) is 0.750. The number of aliphatic hydroxyl groups excluding tert-OH is 2. The predicted octanol–water partition coefficient (Wildman–Crippen LogP) is 1.76. The van der Waals surface area contributed by atoms with Crippen molar-refractivity contribution in [1.29, 1.82) is 0 Å². The molecule has 98 valence electrons. The first-order valence-electron chi connectivity index (χ1n) is 5.97. The Bertz CT molecular complexity index is 373. The summed E-state index contributed by atoms with van der Waals surface area (Å²) < 4.78 is 2.95. The number of halogens is 1. The van der Waals surface area contributed by atoms with E-state index in [1.807, 2.05) is 18.5 Å². The van der Waals surface area contributed by atoms with Crippen LogP contribution in [0.2, 0.25) is 0 Å². The fourth-order valence-electron chi connectivity index (χ4n) is 1.75. The summed E-state index contributed by atoms with van der Waals surface area (Å²) in [7, 11) is 0. The topological polar surface area (TPSA) is 58.3 Å². The molecule has 0 saturated heterocycles. The van der Waals surface area contributed by atoms with Crippen LogP contribution in [0.25, 0.3) is 0 Å². The minimum atomic E-state index is -0.500. The van der Waals surface area contributed by atoms with Crippen LogP contribution in [0.3, 0.4) is 0 Å². The van der Waals surface area contributed by atoms with Gasteiger partial charge in [0.05, 0.1) is 29.1 Å². The molecule has 1 aromatic rings. The van der Waals surface area contributed by atoms with Gasteiger partial charge in [-0.1, -0.05) is 13.8 Å². The molecule has 0 amide bonds. The molecule has 0 atom stereocenters. The van der Waals surface area contributed by atoms with E-state index < -0.39 is 5.41 Å². The third-order valence-corrected chi connectivity index (χ3v) is 3.97. The van der Waals surface area contributed by atoms with Crippen LogP contribution >= 0.6 is 15.9 Å². The lowest BCUT2D eigenvalue weighted by Gasteiger charge is -2.24. The quantitative estimate of drug-likeness (QED) is 0.842. The van der Waals surface area contributed by atoms with Gasteiger partial charge in [0.1, 0.15) is 0 Å². The van der Waals surface area contributed by atoms with Crippen LogP contribution in [0.15, 0.2) is 4.47 Å². The summed E-state index contributed by atoms with van der Waals surface area (Å²) in [5, 5.41) is 23.2. The Balaban J connectivity index is 3.08. The van der Waals surface area contributed by atoms with Crippen molar-refractivity contribution in [3.05, 3.63) is 15.9 Å². The fourth-order valence-corrected chi connectivity index (χ4v) is 2.46. The second kappa shape index (κ2) is 5.98. The van der Waals surface area contributed by atoms with Gasteiger partial charge in [0, 0.05) is 18.4 Å². The van der Waals surface area contributed by atoms with Gasteiger partial charge in [0.15, 0.2) is 0 Å². The molecule has 4 nitrogen and oxygen atoms in total. The van der Waals surface area contributed by atoms with Crippen molar-refractivity contribution in [3.8, 4) is 0 Å². The van der Waals surface area contributed by atoms with Crippen LogP contribution in [0, 0.1) is 5.41 Å². The van der Waals surface area contributed by atoms with E-state index in [4.69, 9.17) is 0 Å². The molecule has 0 spiro atoms. The molecule has 1 heterocycles. The van der Waals surface area contributed by atoms with Crippen molar-refractivity contribution < 1.29 is 10.2 Å². The number of rotatable bonds is 6. The summed E-state index contributed by atoms with van der Waals surface area (Å²) in [5.74, 6) is 0. The molecular formula is C12H21BrN2O2. The van der Waals surface area contributed by atoms with Crippen molar-refractivity contribution in [2.45, 2.75) is 40.2 Å². The Morgan fingerprint density at radius 3 is 2.29 bits per heavy atom. The molecule has 0 aromatic carbocycles. The van der Waals surface area contributed by atoms with E-state index >= 15 is 0 Å². The molecular weight excluding hydrogens is 284 g/mol. The lowest BCUT2D eigenvalue weighted by atomic mass is 9.87. The van der Waals surface area contributed by atoms with Gasteiger partial charge < -0.3 is 10.2 Å². The lowest BCUT2D eigenvalue weighted by Crippen LogP contribution is -2.29. The number of aliphatic hydroxyl groups is 2. The molecule has 17 heavy (non-hydrogen) atoms. The SMILES string of the molecule is CCc1nn(CC)c(CC(C)(CO)CO)c1Br. The maximum Gasteiger partial charge on any atom is 0.0766 e. The van der Waals surface area contributed by atoms with Crippen LogP contribution in [0.1, 0.15) is 32.2 Å². The molecule has 2 N–H and O–H groups in total.